The molecule has 0 radical (unpaired) electrons. The van der Waals surface area contributed by atoms with Gasteiger partial charge in [0, 0.05) is 23.9 Å². The number of hydrogen-bond donors (Lipinski definition) is 2. The minimum Gasteiger partial charge on any atom is -0.427 e. The van der Waals surface area contributed by atoms with Crippen molar-refractivity contribution >= 4 is 29.2 Å². The van der Waals surface area contributed by atoms with Crippen LogP contribution >= 0.6 is 0 Å². The molecule has 0 aliphatic carbocycles. The van der Waals surface area contributed by atoms with Crippen LogP contribution in [0.15, 0.2) is 61.2 Å². The van der Waals surface area contributed by atoms with Gasteiger partial charge in [0.1, 0.15) is 5.75 Å². The van der Waals surface area contributed by atoms with Gasteiger partial charge in [-0.05, 0) is 42.5 Å². The molecule has 122 valence electrons. The number of hydrogen-bond acceptors (Lipinski definition) is 4. The van der Waals surface area contributed by atoms with Gasteiger partial charge in [-0.3, -0.25) is 14.4 Å². The Kier molecular flexibility index (Phi) is 5.46. The molecule has 0 saturated heterocycles. The van der Waals surface area contributed by atoms with E-state index in [0.29, 0.717) is 22.7 Å². The summed E-state index contributed by atoms with van der Waals surface area (Å²) in [6, 6.07) is 13.0. The molecule has 0 saturated carbocycles. The summed E-state index contributed by atoms with van der Waals surface area (Å²) in [6.45, 7) is 4.67. The predicted molar refractivity (Wildman–Crippen MR) is 91.0 cm³/mol. The van der Waals surface area contributed by atoms with Crippen LogP contribution < -0.4 is 15.4 Å². The lowest BCUT2D eigenvalue weighted by atomic mass is 10.2. The predicted octanol–water partition coefficient (Wildman–Crippen LogP) is 2.99. The monoisotopic (exact) mass is 324 g/mol. The van der Waals surface area contributed by atoms with E-state index in [4.69, 9.17) is 4.74 Å². The van der Waals surface area contributed by atoms with E-state index < -0.39 is 5.97 Å². The first kappa shape index (κ1) is 17.0. The molecule has 0 aromatic heterocycles. The van der Waals surface area contributed by atoms with Crippen molar-refractivity contribution in [3.63, 3.8) is 0 Å². The van der Waals surface area contributed by atoms with Crippen molar-refractivity contribution in [1.29, 1.82) is 0 Å². The number of benzene rings is 2. The standard InChI is InChI=1S/C18H16N2O4/c1-3-17(22)19-14-7-5-8-15(11-14)20-18(23)13-6-4-9-16(10-13)24-12(2)21/h3-11H,1H2,2H3,(H,19,22)(H,20,23). The third kappa shape index (κ3) is 4.81. The van der Waals surface area contributed by atoms with Crippen LogP contribution in [0.2, 0.25) is 0 Å². The van der Waals surface area contributed by atoms with Gasteiger partial charge in [-0.2, -0.15) is 0 Å². The molecule has 0 atom stereocenters. The highest BCUT2D eigenvalue weighted by Crippen LogP contribution is 2.18. The second-order valence-electron chi connectivity index (χ2n) is 4.85. The van der Waals surface area contributed by atoms with Crippen molar-refractivity contribution in [2.75, 3.05) is 10.6 Å². The summed E-state index contributed by atoms with van der Waals surface area (Å²) in [7, 11) is 0. The average Bonchev–Trinajstić information content (AvgIpc) is 2.54. The Balaban J connectivity index is 2.12. The molecule has 6 nitrogen and oxygen atoms in total. The van der Waals surface area contributed by atoms with E-state index in [0.717, 1.165) is 6.08 Å². The highest BCUT2D eigenvalue weighted by Gasteiger charge is 2.09. The first-order valence-electron chi connectivity index (χ1n) is 7.11. The molecule has 2 amide bonds. The number of carbonyl (C=O) groups is 3. The molecule has 24 heavy (non-hydrogen) atoms. The van der Waals surface area contributed by atoms with Crippen molar-refractivity contribution in [2.24, 2.45) is 0 Å². The van der Waals surface area contributed by atoms with Gasteiger partial charge in [-0.25, -0.2) is 0 Å². The van der Waals surface area contributed by atoms with Crippen molar-refractivity contribution < 1.29 is 19.1 Å². The summed E-state index contributed by atoms with van der Waals surface area (Å²) >= 11 is 0. The Morgan fingerprint density at radius 3 is 2.33 bits per heavy atom. The number of rotatable bonds is 5. The molecule has 2 aromatic carbocycles. The minimum atomic E-state index is -0.460. The topological polar surface area (TPSA) is 84.5 Å². The fraction of sp³-hybridized carbons (Fsp3) is 0.0556. The second-order valence-corrected chi connectivity index (χ2v) is 4.85. The number of nitrogens with one attached hydrogen (secondary N) is 2. The first-order chi connectivity index (χ1) is 11.5. The Morgan fingerprint density at radius 1 is 1.00 bits per heavy atom. The molecule has 0 unspecified atom stereocenters. The molecular weight excluding hydrogens is 308 g/mol. The van der Waals surface area contributed by atoms with Crippen LogP contribution in [0.25, 0.3) is 0 Å². The van der Waals surface area contributed by atoms with Gasteiger partial charge in [0.2, 0.25) is 5.91 Å². The van der Waals surface area contributed by atoms with Gasteiger partial charge in [0.05, 0.1) is 0 Å². The maximum Gasteiger partial charge on any atom is 0.308 e. The second kappa shape index (κ2) is 7.73. The van der Waals surface area contributed by atoms with Crippen LogP contribution in [0, 0.1) is 0 Å². The van der Waals surface area contributed by atoms with Crippen LogP contribution in [0.1, 0.15) is 17.3 Å². The van der Waals surface area contributed by atoms with E-state index in [9.17, 15) is 14.4 Å². The largest absolute Gasteiger partial charge is 0.427 e. The van der Waals surface area contributed by atoms with Gasteiger partial charge in [-0.1, -0.05) is 18.7 Å². The average molecular weight is 324 g/mol. The molecule has 2 rings (SSSR count). The molecule has 6 heteroatoms. The number of anilines is 2. The zero-order valence-electron chi connectivity index (χ0n) is 13.0. The smallest absolute Gasteiger partial charge is 0.308 e. The third-order valence-electron chi connectivity index (χ3n) is 2.93. The summed E-state index contributed by atoms with van der Waals surface area (Å²) in [4.78, 5) is 34.6. The number of carbonyl (C=O) groups excluding carboxylic acids is 3. The molecule has 0 spiro atoms. The molecule has 0 aliphatic rings. The Hall–Kier alpha value is -3.41. The van der Waals surface area contributed by atoms with E-state index in [2.05, 4.69) is 17.2 Å². The maximum absolute atomic E-state index is 12.3. The van der Waals surface area contributed by atoms with Gasteiger partial charge in [0.15, 0.2) is 0 Å². The highest BCUT2D eigenvalue weighted by molar-refractivity contribution is 6.05. The molecule has 2 aromatic rings. The lowest BCUT2D eigenvalue weighted by Crippen LogP contribution is -2.13. The van der Waals surface area contributed by atoms with E-state index in [-0.39, 0.29) is 11.8 Å². The maximum atomic E-state index is 12.3. The SMILES string of the molecule is C=CC(=O)Nc1cccc(NC(=O)c2cccc(OC(C)=O)c2)c1. The normalized spacial score (nSPS) is 9.71. The lowest BCUT2D eigenvalue weighted by Gasteiger charge is -2.09. The number of esters is 1. The Morgan fingerprint density at radius 2 is 1.67 bits per heavy atom. The summed E-state index contributed by atoms with van der Waals surface area (Å²) in [5.41, 5.74) is 1.39. The molecule has 0 heterocycles. The van der Waals surface area contributed by atoms with Gasteiger partial charge in [0.25, 0.3) is 5.91 Å². The van der Waals surface area contributed by atoms with Crippen LogP contribution in [0.5, 0.6) is 5.75 Å². The zero-order valence-corrected chi connectivity index (χ0v) is 13.0. The van der Waals surface area contributed by atoms with Crippen LogP contribution in [0.3, 0.4) is 0 Å². The summed E-state index contributed by atoms with van der Waals surface area (Å²) in [5, 5.41) is 5.32. The van der Waals surface area contributed by atoms with Crippen LogP contribution in [0.4, 0.5) is 11.4 Å². The van der Waals surface area contributed by atoms with Crippen LogP contribution in [-0.2, 0) is 9.59 Å². The zero-order chi connectivity index (χ0) is 17.5. The van der Waals surface area contributed by atoms with Gasteiger partial charge in [-0.15, -0.1) is 0 Å². The fourth-order valence-electron chi connectivity index (χ4n) is 1.94. The first-order valence-corrected chi connectivity index (χ1v) is 7.11. The van der Waals surface area contributed by atoms with E-state index >= 15 is 0 Å². The van der Waals surface area contributed by atoms with Gasteiger partial charge < -0.3 is 15.4 Å². The Labute approximate surface area is 139 Å². The van der Waals surface area contributed by atoms with E-state index in [1.54, 1.807) is 42.5 Å². The van der Waals surface area contributed by atoms with E-state index in [1.807, 2.05) is 0 Å². The molecule has 0 aliphatic heterocycles. The fourth-order valence-corrected chi connectivity index (χ4v) is 1.94. The van der Waals surface area contributed by atoms with Crippen LogP contribution in [-0.4, -0.2) is 17.8 Å². The number of ether oxygens (including phenoxy) is 1. The summed E-state index contributed by atoms with van der Waals surface area (Å²) < 4.78 is 4.95. The molecule has 0 bridgehead atoms. The van der Waals surface area contributed by atoms with Crippen molar-refractivity contribution in [3.8, 4) is 5.75 Å². The minimum absolute atomic E-state index is 0.294. The van der Waals surface area contributed by atoms with Crippen molar-refractivity contribution in [3.05, 3.63) is 66.7 Å². The highest BCUT2D eigenvalue weighted by atomic mass is 16.5. The summed E-state index contributed by atoms with van der Waals surface area (Å²) in [6.07, 6.45) is 1.16. The molecule has 0 fully saturated rings. The lowest BCUT2D eigenvalue weighted by molar-refractivity contribution is -0.131. The summed E-state index contributed by atoms with van der Waals surface area (Å²) in [5.74, 6) is -0.871. The number of amides is 2. The Bertz CT molecular complexity index is 799. The van der Waals surface area contributed by atoms with Crippen molar-refractivity contribution in [2.45, 2.75) is 6.92 Å². The van der Waals surface area contributed by atoms with E-state index in [1.165, 1.54) is 13.0 Å². The molecular formula is C18H16N2O4. The third-order valence-corrected chi connectivity index (χ3v) is 2.93. The molecule has 2 N–H and O–H groups in total. The quantitative estimate of drug-likeness (QED) is 0.503. The van der Waals surface area contributed by atoms with Crippen molar-refractivity contribution in [1.82, 2.24) is 0 Å². The van der Waals surface area contributed by atoms with Gasteiger partial charge >= 0.3 is 5.97 Å².